The summed E-state index contributed by atoms with van der Waals surface area (Å²) < 4.78 is 0. The van der Waals surface area contributed by atoms with Crippen molar-refractivity contribution < 1.29 is 0 Å². The Balaban J connectivity index is 1.83. The fourth-order valence-electron chi connectivity index (χ4n) is 3.20. The number of rotatable bonds is 1. The molecule has 1 aromatic rings. The average Bonchev–Trinajstić information content (AvgIpc) is 3.08. The first-order chi connectivity index (χ1) is 7.93. The van der Waals surface area contributed by atoms with Crippen LogP contribution < -0.4 is 0 Å². The van der Waals surface area contributed by atoms with Gasteiger partial charge >= 0.3 is 0 Å². The van der Waals surface area contributed by atoms with Crippen LogP contribution in [-0.4, -0.2) is 0 Å². The maximum Gasteiger partial charge on any atom is 0.0133 e. The molecule has 1 aromatic carbocycles. The van der Waals surface area contributed by atoms with Crippen molar-refractivity contribution in [2.24, 2.45) is 23.7 Å². The van der Waals surface area contributed by atoms with Gasteiger partial charge in [0.2, 0.25) is 0 Å². The van der Waals surface area contributed by atoms with Gasteiger partial charge in [0.25, 0.3) is 0 Å². The summed E-state index contributed by atoms with van der Waals surface area (Å²) in [4.78, 5) is 0. The van der Waals surface area contributed by atoms with Crippen molar-refractivity contribution in [1.82, 2.24) is 0 Å². The molecule has 0 spiro atoms. The lowest BCUT2D eigenvalue weighted by molar-refractivity contribution is 1.00. The molecule has 1 fully saturated rings. The van der Waals surface area contributed by atoms with E-state index in [9.17, 15) is 0 Å². The SMILES string of the molecule is C1=CC2C3C(c4ccccc4)=CC1C=C[C@H]23. The zero-order chi connectivity index (χ0) is 10.5. The molecule has 3 unspecified atom stereocenters. The lowest BCUT2D eigenvalue weighted by Crippen LogP contribution is -1.90. The Bertz CT molecular complexity index is 484. The van der Waals surface area contributed by atoms with E-state index in [2.05, 4.69) is 60.7 Å². The molecule has 16 heavy (non-hydrogen) atoms. The van der Waals surface area contributed by atoms with Gasteiger partial charge in [-0.25, -0.2) is 0 Å². The molecule has 0 heterocycles. The monoisotopic (exact) mass is 206 g/mol. The van der Waals surface area contributed by atoms with Crippen molar-refractivity contribution in [2.45, 2.75) is 0 Å². The van der Waals surface area contributed by atoms with Gasteiger partial charge in [-0.2, -0.15) is 0 Å². The summed E-state index contributed by atoms with van der Waals surface area (Å²) >= 11 is 0. The molecule has 0 radical (unpaired) electrons. The minimum Gasteiger partial charge on any atom is -0.0833 e. The van der Waals surface area contributed by atoms with Crippen molar-refractivity contribution >= 4 is 5.57 Å². The number of hydrogen-bond donors (Lipinski definition) is 0. The number of benzene rings is 1. The van der Waals surface area contributed by atoms with Crippen LogP contribution >= 0.6 is 0 Å². The summed E-state index contributed by atoms with van der Waals surface area (Å²) in [7, 11) is 0. The second-order valence-electron chi connectivity index (χ2n) is 5.02. The Kier molecular flexibility index (Phi) is 1.59. The normalized spacial score (nSPS) is 37.9. The third-order valence-corrected chi connectivity index (χ3v) is 4.08. The Morgan fingerprint density at radius 3 is 2.12 bits per heavy atom. The topological polar surface area (TPSA) is 0 Å². The van der Waals surface area contributed by atoms with E-state index in [1.807, 2.05) is 0 Å². The fourth-order valence-corrected chi connectivity index (χ4v) is 3.20. The molecule has 0 amide bonds. The highest BCUT2D eigenvalue weighted by Gasteiger charge is 2.50. The standard InChI is InChI=1S/C16H14/c1-2-4-12(5-3-1)15-10-11-6-8-13-14(9-7-11)16(13)15/h1-11,13-14,16H/t11?,13-,14?,16?/m1/s1. The van der Waals surface area contributed by atoms with E-state index in [4.69, 9.17) is 0 Å². The second-order valence-corrected chi connectivity index (χ2v) is 5.02. The summed E-state index contributed by atoms with van der Waals surface area (Å²) in [6.45, 7) is 0. The fraction of sp³-hybridized carbons (Fsp3) is 0.250. The quantitative estimate of drug-likeness (QED) is 0.615. The van der Waals surface area contributed by atoms with Gasteiger partial charge in [0.15, 0.2) is 0 Å². The highest BCUT2D eigenvalue weighted by atomic mass is 14.5. The summed E-state index contributed by atoms with van der Waals surface area (Å²) in [5.41, 5.74) is 2.98. The molecule has 0 saturated heterocycles. The van der Waals surface area contributed by atoms with E-state index >= 15 is 0 Å². The van der Waals surface area contributed by atoms with Crippen LogP contribution in [0.4, 0.5) is 0 Å². The molecular formula is C16H14. The molecule has 0 aliphatic heterocycles. The third kappa shape index (κ3) is 1.10. The molecule has 4 aliphatic rings. The van der Waals surface area contributed by atoms with Gasteiger partial charge in [0, 0.05) is 5.92 Å². The molecule has 0 N–H and O–H groups in total. The molecule has 0 nitrogen and oxygen atoms in total. The molecular weight excluding hydrogens is 192 g/mol. The minimum absolute atomic E-state index is 0.523. The van der Waals surface area contributed by atoms with E-state index in [0.29, 0.717) is 5.92 Å². The summed E-state index contributed by atoms with van der Waals surface area (Å²) in [5.74, 6) is 2.82. The van der Waals surface area contributed by atoms with Gasteiger partial charge < -0.3 is 0 Å². The van der Waals surface area contributed by atoms with Gasteiger partial charge in [0.1, 0.15) is 0 Å². The predicted molar refractivity (Wildman–Crippen MR) is 66.7 cm³/mol. The number of allylic oxidation sites excluding steroid dienone is 6. The van der Waals surface area contributed by atoms with Crippen molar-refractivity contribution in [3.63, 3.8) is 0 Å². The van der Waals surface area contributed by atoms with Gasteiger partial charge in [-0.05, 0) is 28.9 Å². The van der Waals surface area contributed by atoms with E-state index < -0.39 is 0 Å². The molecule has 4 bridgehead atoms. The van der Waals surface area contributed by atoms with E-state index in [-0.39, 0.29) is 0 Å². The first-order valence-corrected chi connectivity index (χ1v) is 6.07. The van der Waals surface area contributed by atoms with Gasteiger partial charge in [-0.15, -0.1) is 0 Å². The minimum atomic E-state index is 0.523. The van der Waals surface area contributed by atoms with E-state index in [1.165, 1.54) is 5.56 Å². The molecule has 1 saturated carbocycles. The summed E-state index contributed by atoms with van der Waals surface area (Å²) in [5, 5.41) is 0. The van der Waals surface area contributed by atoms with Crippen LogP contribution in [0.15, 0.2) is 60.7 Å². The van der Waals surface area contributed by atoms with Crippen molar-refractivity contribution in [1.29, 1.82) is 0 Å². The Morgan fingerprint density at radius 2 is 1.44 bits per heavy atom. The summed E-state index contributed by atoms with van der Waals surface area (Å²) in [6.07, 6.45) is 12.0. The predicted octanol–water partition coefficient (Wildman–Crippen LogP) is 3.69. The first-order valence-electron chi connectivity index (χ1n) is 6.07. The maximum atomic E-state index is 2.44. The molecule has 0 aromatic heterocycles. The van der Waals surface area contributed by atoms with Gasteiger partial charge in [-0.1, -0.05) is 60.7 Å². The summed E-state index contributed by atoms with van der Waals surface area (Å²) in [6, 6.07) is 10.9. The van der Waals surface area contributed by atoms with Crippen LogP contribution in [0.5, 0.6) is 0 Å². The average molecular weight is 206 g/mol. The largest absolute Gasteiger partial charge is 0.0833 e. The van der Waals surface area contributed by atoms with E-state index in [0.717, 1.165) is 17.8 Å². The Labute approximate surface area is 96.0 Å². The van der Waals surface area contributed by atoms with Crippen LogP contribution in [0.3, 0.4) is 0 Å². The lowest BCUT2D eigenvalue weighted by Gasteiger charge is -2.07. The second kappa shape index (κ2) is 2.98. The molecule has 78 valence electrons. The molecule has 4 atom stereocenters. The Hall–Kier alpha value is -1.56. The van der Waals surface area contributed by atoms with E-state index in [1.54, 1.807) is 5.57 Å². The lowest BCUT2D eigenvalue weighted by atomic mass is 9.98. The smallest absolute Gasteiger partial charge is 0.0133 e. The highest BCUT2D eigenvalue weighted by Crippen LogP contribution is 2.58. The van der Waals surface area contributed by atoms with Crippen LogP contribution in [0.2, 0.25) is 0 Å². The van der Waals surface area contributed by atoms with Crippen molar-refractivity contribution in [3.05, 3.63) is 66.3 Å². The van der Waals surface area contributed by atoms with Gasteiger partial charge in [-0.3, -0.25) is 0 Å². The van der Waals surface area contributed by atoms with Crippen LogP contribution in [-0.2, 0) is 0 Å². The zero-order valence-electron chi connectivity index (χ0n) is 9.08. The zero-order valence-corrected chi connectivity index (χ0v) is 9.08. The van der Waals surface area contributed by atoms with Crippen molar-refractivity contribution in [3.8, 4) is 0 Å². The number of hydrogen-bond acceptors (Lipinski definition) is 0. The first kappa shape index (κ1) is 8.58. The molecule has 5 rings (SSSR count). The van der Waals surface area contributed by atoms with Crippen LogP contribution in [0, 0.1) is 23.7 Å². The Morgan fingerprint density at radius 1 is 0.750 bits per heavy atom. The van der Waals surface area contributed by atoms with Crippen LogP contribution in [0.1, 0.15) is 5.56 Å². The highest BCUT2D eigenvalue weighted by molar-refractivity contribution is 5.73. The molecule has 0 heteroatoms. The van der Waals surface area contributed by atoms with Gasteiger partial charge in [0.05, 0.1) is 0 Å². The third-order valence-electron chi connectivity index (χ3n) is 4.08. The maximum absolute atomic E-state index is 2.44. The van der Waals surface area contributed by atoms with Crippen LogP contribution in [0.25, 0.3) is 5.57 Å². The molecule has 4 aliphatic carbocycles. The van der Waals surface area contributed by atoms with Crippen molar-refractivity contribution in [2.75, 3.05) is 0 Å².